The Morgan fingerprint density at radius 1 is 0.475 bits per heavy atom. The quantitative estimate of drug-likeness (QED) is 0.0322. The molecule has 6 heteroatoms. The number of aliphatic hydroxyl groups is 2. The Kier molecular flexibility index (Phi) is 48.0. The van der Waals surface area contributed by atoms with E-state index in [9.17, 15) is 19.8 Å². The molecule has 6 nitrogen and oxygen atoms in total. The number of esters is 1. The summed E-state index contributed by atoms with van der Waals surface area (Å²) in [5.41, 5.74) is 0. The number of unbranched alkanes of at least 4 members (excludes halogenated alkanes) is 33. The highest BCUT2D eigenvalue weighted by Gasteiger charge is 2.24. The van der Waals surface area contributed by atoms with Gasteiger partial charge in [0.1, 0.15) is 6.10 Å². The minimum atomic E-state index is -0.783. The van der Waals surface area contributed by atoms with E-state index in [-0.39, 0.29) is 24.9 Å². The number of carbonyl (C=O) groups excluding carboxylic acids is 2. The number of carbonyl (C=O) groups is 2. The van der Waals surface area contributed by atoms with Gasteiger partial charge < -0.3 is 20.3 Å². The highest BCUT2D eigenvalue weighted by atomic mass is 16.5. The number of rotatable bonds is 49. The van der Waals surface area contributed by atoms with Crippen molar-refractivity contribution >= 4 is 11.9 Å². The third-order valence-corrected chi connectivity index (χ3v) is 12.5. The van der Waals surface area contributed by atoms with Crippen LogP contribution in [0.25, 0.3) is 0 Å². The van der Waals surface area contributed by atoms with Crippen molar-refractivity contribution in [3.05, 3.63) is 24.3 Å². The standard InChI is InChI=1S/C55H105NO5/c1-4-7-10-13-16-19-22-24-25-26-27-28-29-31-33-36-39-42-45-48-55(60)61-51(46-43-40-37-34-21-18-15-12-9-6-3)49-54(59)56-52(50-57)53(58)47-44-41-38-35-32-30-23-20-17-14-11-8-5-2/h16,19,24-25,51-53,57-58H,4-15,17-18,20-23,26-50H2,1-3H3,(H,56,59)/b19-16-,25-24-. The zero-order valence-electron chi connectivity index (χ0n) is 41.1. The van der Waals surface area contributed by atoms with Gasteiger partial charge in [-0.25, -0.2) is 0 Å². The van der Waals surface area contributed by atoms with Gasteiger partial charge in [0.2, 0.25) is 5.91 Å². The Morgan fingerprint density at radius 2 is 0.836 bits per heavy atom. The zero-order chi connectivity index (χ0) is 44.5. The topological polar surface area (TPSA) is 95.9 Å². The minimum Gasteiger partial charge on any atom is -0.462 e. The number of hydrogen-bond acceptors (Lipinski definition) is 5. The normalized spacial score (nSPS) is 13.3. The molecule has 0 aliphatic carbocycles. The predicted octanol–water partition coefficient (Wildman–Crippen LogP) is 16.3. The van der Waals surface area contributed by atoms with Gasteiger partial charge in [0.15, 0.2) is 0 Å². The van der Waals surface area contributed by atoms with E-state index in [4.69, 9.17) is 4.74 Å². The van der Waals surface area contributed by atoms with Crippen molar-refractivity contribution in [3.8, 4) is 0 Å². The summed E-state index contributed by atoms with van der Waals surface area (Å²) in [6, 6.07) is -0.696. The Bertz CT molecular complexity index is 966. The van der Waals surface area contributed by atoms with Crippen molar-refractivity contribution in [3.63, 3.8) is 0 Å². The number of hydrogen-bond donors (Lipinski definition) is 3. The van der Waals surface area contributed by atoms with Gasteiger partial charge in [-0.15, -0.1) is 0 Å². The molecule has 3 N–H and O–H groups in total. The summed E-state index contributed by atoms with van der Waals surface area (Å²) in [5, 5.41) is 23.8. The third kappa shape index (κ3) is 44.7. The van der Waals surface area contributed by atoms with E-state index in [0.717, 1.165) is 51.4 Å². The molecule has 0 aromatic heterocycles. The SMILES string of the molecule is CCCCC/C=C\C/C=C\CCCCCCCCCCCC(=O)OC(CCCCCCCCCCCC)CC(=O)NC(CO)C(O)CCCCCCCCCCCCCCC. The van der Waals surface area contributed by atoms with Gasteiger partial charge in [-0.05, 0) is 57.8 Å². The van der Waals surface area contributed by atoms with Gasteiger partial charge in [-0.3, -0.25) is 9.59 Å². The molecule has 0 heterocycles. The average molecular weight is 860 g/mol. The van der Waals surface area contributed by atoms with Crippen molar-refractivity contribution in [2.24, 2.45) is 0 Å². The third-order valence-electron chi connectivity index (χ3n) is 12.5. The van der Waals surface area contributed by atoms with Crippen LogP contribution in [0.3, 0.4) is 0 Å². The lowest BCUT2D eigenvalue weighted by molar-refractivity contribution is -0.151. The maximum Gasteiger partial charge on any atom is 0.306 e. The molecule has 0 rings (SSSR count). The van der Waals surface area contributed by atoms with E-state index < -0.39 is 18.2 Å². The summed E-state index contributed by atoms with van der Waals surface area (Å²) in [5.74, 6) is -0.464. The van der Waals surface area contributed by atoms with Crippen LogP contribution in [0.5, 0.6) is 0 Å². The summed E-state index contributed by atoms with van der Waals surface area (Å²) in [4.78, 5) is 26.1. The summed E-state index contributed by atoms with van der Waals surface area (Å²) < 4.78 is 5.94. The first-order valence-electron chi connectivity index (χ1n) is 27.1. The van der Waals surface area contributed by atoms with Gasteiger partial charge in [0, 0.05) is 6.42 Å². The fourth-order valence-electron chi connectivity index (χ4n) is 8.40. The van der Waals surface area contributed by atoms with E-state index in [2.05, 4.69) is 50.4 Å². The second-order valence-corrected chi connectivity index (χ2v) is 18.6. The first-order chi connectivity index (χ1) is 30.0. The van der Waals surface area contributed by atoms with Crippen LogP contribution in [0, 0.1) is 0 Å². The lowest BCUT2D eigenvalue weighted by Gasteiger charge is -2.24. The Hall–Kier alpha value is -1.66. The van der Waals surface area contributed by atoms with Crippen LogP contribution in [0.2, 0.25) is 0 Å². The van der Waals surface area contributed by atoms with Gasteiger partial charge in [0.25, 0.3) is 0 Å². The van der Waals surface area contributed by atoms with Crippen molar-refractivity contribution in [2.75, 3.05) is 6.61 Å². The van der Waals surface area contributed by atoms with Crippen molar-refractivity contribution < 1.29 is 24.5 Å². The minimum absolute atomic E-state index is 0.0813. The molecule has 0 radical (unpaired) electrons. The lowest BCUT2D eigenvalue weighted by atomic mass is 10.0. The van der Waals surface area contributed by atoms with E-state index in [1.165, 1.54) is 193 Å². The molecule has 0 fully saturated rings. The molecule has 3 atom stereocenters. The fourth-order valence-corrected chi connectivity index (χ4v) is 8.40. The number of allylic oxidation sites excluding steroid dienone is 4. The second kappa shape index (κ2) is 49.4. The Balaban J connectivity index is 4.43. The summed E-state index contributed by atoms with van der Waals surface area (Å²) in [7, 11) is 0. The van der Waals surface area contributed by atoms with Crippen LogP contribution in [-0.2, 0) is 14.3 Å². The molecule has 360 valence electrons. The average Bonchev–Trinajstić information content (AvgIpc) is 3.25. The van der Waals surface area contributed by atoms with Crippen molar-refractivity contribution in [2.45, 2.75) is 309 Å². The first kappa shape index (κ1) is 59.3. The Morgan fingerprint density at radius 3 is 1.28 bits per heavy atom. The van der Waals surface area contributed by atoms with E-state index in [1.807, 2.05) is 0 Å². The van der Waals surface area contributed by atoms with Gasteiger partial charge in [0.05, 0.1) is 25.2 Å². The zero-order valence-corrected chi connectivity index (χ0v) is 41.1. The monoisotopic (exact) mass is 860 g/mol. The molecule has 3 unspecified atom stereocenters. The number of aliphatic hydroxyl groups excluding tert-OH is 2. The summed E-state index contributed by atoms with van der Waals surface area (Å²) >= 11 is 0. The molecule has 0 saturated heterocycles. The molecule has 1 amide bonds. The highest BCUT2D eigenvalue weighted by molar-refractivity contribution is 5.77. The van der Waals surface area contributed by atoms with Crippen LogP contribution < -0.4 is 5.32 Å². The van der Waals surface area contributed by atoms with Gasteiger partial charge in [-0.1, -0.05) is 244 Å². The van der Waals surface area contributed by atoms with Crippen LogP contribution in [0.15, 0.2) is 24.3 Å². The van der Waals surface area contributed by atoms with Gasteiger partial charge in [-0.2, -0.15) is 0 Å². The number of nitrogens with one attached hydrogen (secondary N) is 1. The number of amides is 1. The predicted molar refractivity (Wildman–Crippen MR) is 264 cm³/mol. The molecular formula is C55H105NO5. The smallest absolute Gasteiger partial charge is 0.306 e. The summed E-state index contributed by atoms with van der Waals surface area (Å²) in [6.45, 7) is 6.47. The molecule has 0 aliphatic rings. The van der Waals surface area contributed by atoms with Crippen molar-refractivity contribution in [1.29, 1.82) is 0 Å². The molecule has 0 aromatic carbocycles. The molecule has 0 bridgehead atoms. The van der Waals surface area contributed by atoms with E-state index >= 15 is 0 Å². The molecule has 0 aliphatic heterocycles. The van der Waals surface area contributed by atoms with Crippen LogP contribution in [0.4, 0.5) is 0 Å². The second-order valence-electron chi connectivity index (χ2n) is 18.6. The highest BCUT2D eigenvalue weighted by Crippen LogP contribution is 2.18. The van der Waals surface area contributed by atoms with Crippen LogP contribution in [-0.4, -0.2) is 46.9 Å². The lowest BCUT2D eigenvalue weighted by Crippen LogP contribution is -2.46. The van der Waals surface area contributed by atoms with Gasteiger partial charge >= 0.3 is 5.97 Å². The van der Waals surface area contributed by atoms with E-state index in [1.54, 1.807) is 0 Å². The van der Waals surface area contributed by atoms with Crippen LogP contribution in [0.1, 0.15) is 290 Å². The first-order valence-corrected chi connectivity index (χ1v) is 27.1. The number of ether oxygens (including phenoxy) is 1. The largest absolute Gasteiger partial charge is 0.462 e. The van der Waals surface area contributed by atoms with E-state index in [0.29, 0.717) is 19.3 Å². The molecule has 61 heavy (non-hydrogen) atoms. The molecular weight excluding hydrogens is 755 g/mol. The van der Waals surface area contributed by atoms with Crippen molar-refractivity contribution in [1.82, 2.24) is 5.32 Å². The summed E-state index contributed by atoms with van der Waals surface area (Å²) in [6.07, 6.45) is 56.7. The molecule has 0 saturated carbocycles. The van der Waals surface area contributed by atoms with Crippen LogP contribution >= 0.6 is 0 Å². The molecule has 0 aromatic rings. The maximum atomic E-state index is 13.2. The molecule has 0 spiro atoms. The maximum absolute atomic E-state index is 13.2. The Labute approximate surface area is 380 Å². The fraction of sp³-hybridized carbons (Fsp3) is 0.891.